The number of ether oxygens (including phenoxy) is 1. The van der Waals surface area contributed by atoms with Crippen molar-refractivity contribution in [1.82, 2.24) is 25.1 Å². The van der Waals surface area contributed by atoms with Gasteiger partial charge in [-0.15, -0.1) is 11.3 Å². The molecule has 1 atom stereocenters. The van der Waals surface area contributed by atoms with Gasteiger partial charge < -0.3 is 19.5 Å². The molecule has 152 valence electrons. The average Bonchev–Trinajstić information content (AvgIpc) is 3.55. The highest BCUT2D eigenvalue weighted by Crippen LogP contribution is 2.37. The molecule has 4 aromatic heterocycles. The number of aromatic nitrogens is 5. The first-order valence-corrected chi connectivity index (χ1v) is 10.4. The Hall–Kier alpha value is -3.53. The summed E-state index contributed by atoms with van der Waals surface area (Å²) in [5.41, 5.74) is 1.50. The number of pyridine rings is 1. The maximum Gasteiger partial charge on any atom is 0.231 e. The first-order chi connectivity index (χ1) is 14.8. The molecule has 1 saturated heterocycles. The van der Waals surface area contributed by atoms with Crippen LogP contribution in [0.25, 0.3) is 11.4 Å². The SMILES string of the molecule is COc1cc(Nc2nccs2)nc(N2CCC[C@H]2c2cc(-c3ccccn3)no2)n1. The van der Waals surface area contributed by atoms with Crippen molar-refractivity contribution in [2.75, 3.05) is 23.9 Å². The highest BCUT2D eigenvalue weighted by atomic mass is 32.1. The first kappa shape index (κ1) is 18.5. The van der Waals surface area contributed by atoms with Crippen LogP contribution in [0.5, 0.6) is 5.88 Å². The van der Waals surface area contributed by atoms with E-state index in [1.807, 2.05) is 29.6 Å². The number of nitrogens with zero attached hydrogens (tertiary/aromatic N) is 6. The van der Waals surface area contributed by atoms with Gasteiger partial charge in [-0.25, -0.2) is 4.98 Å². The van der Waals surface area contributed by atoms with E-state index in [1.165, 1.54) is 11.3 Å². The van der Waals surface area contributed by atoms with Crippen LogP contribution in [0.3, 0.4) is 0 Å². The Kier molecular flexibility index (Phi) is 4.98. The van der Waals surface area contributed by atoms with Gasteiger partial charge in [0.1, 0.15) is 11.5 Å². The Morgan fingerprint density at radius 2 is 2.13 bits per heavy atom. The van der Waals surface area contributed by atoms with Crippen LogP contribution in [0.2, 0.25) is 0 Å². The second-order valence-electron chi connectivity index (χ2n) is 6.74. The minimum atomic E-state index is -0.00483. The highest BCUT2D eigenvalue weighted by Gasteiger charge is 2.32. The van der Waals surface area contributed by atoms with Crippen molar-refractivity contribution in [1.29, 1.82) is 0 Å². The highest BCUT2D eigenvalue weighted by molar-refractivity contribution is 7.13. The fraction of sp³-hybridized carbons (Fsp3) is 0.250. The van der Waals surface area contributed by atoms with Crippen molar-refractivity contribution >= 4 is 28.2 Å². The van der Waals surface area contributed by atoms with Crippen LogP contribution in [-0.4, -0.2) is 38.7 Å². The minimum Gasteiger partial charge on any atom is -0.481 e. The van der Waals surface area contributed by atoms with E-state index in [4.69, 9.17) is 14.2 Å². The van der Waals surface area contributed by atoms with Crippen molar-refractivity contribution in [2.24, 2.45) is 0 Å². The molecule has 0 spiro atoms. The zero-order valence-electron chi connectivity index (χ0n) is 16.2. The molecule has 1 N–H and O–H groups in total. The average molecular weight is 421 g/mol. The fourth-order valence-corrected chi connectivity index (χ4v) is 4.02. The first-order valence-electron chi connectivity index (χ1n) is 9.54. The molecule has 4 aromatic rings. The standard InChI is InChI=1S/C20H19N7O2S/c1-28-18-12-17(24-20-22-8-10-30-20)23-19(25-18)27-9-4-6-15(27)16-11-14(26-29-16)13-5-2-3-7-21-13/h2-3,5,7-8,10-12,15H,4,6,9H2,1H3,(H,22,23,24,25)/t15-/m0/s1. The molecular formula is C20H19N7O2S. The summed E-state index contributed by atoms with van der Waals surface area (Å²) in [7, 11) is 1.59. The third-order valence-corrected chi connectivity index (χ3v) is 5.55. The quantitative estimate of drug-likeness (QED) is 0.493. The summed E-state index contributed by atoms with van der Waals surface area (Å²) >= 11 is 1.50. The van der Waals surface area contributed by atoms with Gasteiger partial charge in [0.25, 0.3) is 0 Å². The van der Waals surface area contributed by atoms with E-state index in [2.05, 4.69) is 30.3 Å². The molecule has 0 aromatic carbocycles. The largest absolute Gasteiger partial charge is 0.481 e. The van der Waals surface area contributed by atoms with E-state index in [-0.39, 0.29) is 6.04 Å². The van der Waals surface area contributed by atoms with Gasteiger partial charge in [0.2, 0.25) is 11.8 Å². The second-order valence-corrected chi connectivity index (χ2v) is 7.63. The molecule has 10 heteroatoms. The Labute approximate surface area is 176 Å². The van der Waals surface area contributed by atoms with Crippen molar-refractivity contribution in [2.45, 2.75) is 18.9 Å². The summed E-state index contributed by atoms with van der Waals surface area (Å²) < 4.78 is 11.1. The van der Waals surface area contributed by atoms with Gasteiger partial charge in [-0.05, 0) is 25.0 Å². The zero-order valence-corrected chi connectivity index (χ0v) is 17.0. The van der Waals surface area contributed by atoms with Crippen LogP contribution >= 0.6 is 11.3 Å². The van der Waals surface area contributed by atoms with E-state index >= 15 is 0 Å². The lowest BCUT2D eigenvalue weighted by atomic mass is 10.1. The van der Waals surface area contributed by atoms with Crippen molar-refractivity contribution in [3.63, 3.8) is 0 Å². The van der Waals surface area contributed by atoms with E-state index in [0.717, 1.165) is 41.7 Å². The summed E-state index contributed by atoms with van der Waals surface area (Å²) in [5.74, 6) is 2.46. The van der Waals surface area contributed by atoms with Gasteiger partial charge in [0.15, 0.2) is 10.9 Å². The molecule has 9 nitrogen and oxygen atoms in total. The predicted molar refractivity (Wildman–Crippen MR) is 113 cm³/mol. The van der Waals surface area contributed by atoms with Crippen molar-refractivity contribution in [3.05, 3.63) is 53.9 Å². The lowest BCUT2D eigenvalue weighted by molar-refractivity contribution is 0.361. The Morgan fingerprint density at radius 3 is 2.93 bits per heavy atom. The molecular weight excluding hydrogens is 402 g/mol. The number of rotatable bonds is 6. The lowest BCUT2D eigenvalue weighted by Gasteiger charge is -2.23. The van der Waals surface area contributed by atoms with Gasteiger partial charge in [-0.1, -0.05) is 11.2 Å². The van der Waals surface area contributed by atoms with Crippen LogP contribution in [0, 0.1) is 0 Å². The third-order valence-electron chi connectivity index (χ3n) is 4.86. The monoisotopic (exact) mass is 421 g/mol. The molecule has 0 aliphatic carbocycles. The van der Waals surface area contributed by atoms with E-state index < -0.39 is 0 Å². The maximum atomic E-state index is 5.68. The van der Waals surface area contributed by atoms with E-state index in [0.29, 0.717) is 17.6 Å². The molecule has 5 heterocycles. The van der Waals surface area contributed by atoms with Crippen LogP contribution < -0.4 is 15.0 Å². The summed E-state index contributed by atoms with van der Waals surface area (Å²) in [6, 6.07) is 9.41. The Bertz CT molecular complexity index is 1120. The van der Waals surface area contributed by atoms with Crippen LogP contribution in [0.1, 0.15) is 24.6 Å². The van der Waals surface area contributed by atoms with Gasteiger partial charge in [-0.3, -0.25) is 4.98 Å². The number of hydrogen-bond donors (Lipinski definition) is 1. The molecule has 5 rings (SSSR count). The maximum absolute atomic E-state index is 5.68. The Morgan fingerprint density at radius 1 is 1.17 bits per heavy atom. The number of nitrogens with one attached hydrogen (secondary N) is 1. The molecule has 30 heavy (non-hydrogen) atoms. The van der Waals surface area contributed by atoms with E-state index in [1.54, 1.807) is 25.6 Å². The molecule has 1 aliphatic rings. The topological polar surface area (TPSA) is 102 Å². The summed E-state index contributed by atoms with van der Waals surface area (Å²) in [6.45, 7) is 0.814. The Balaban J connectivity index is 1.44. The third kappa shape index (κ3) is 3.69. The van der Waals surface area contributed by atoms with Gasteiger partial charge in [0.05, 0.1) is 18.8 Å². The van der Waals surface area contributed by atoms with Crippen LogP contribution in [0.4, 0.5) is 16.9 Å². The molecule has 1 aliphatic heterocycles. The number of anilines is 3. The zero-order chi connectivity index (χ0) is 20.3. The smallest absolute Gasteiger partial charge is 0.231 e. The number of methoxy groups -OCH3 is 1. The summed E-state index contributed by atoms with van der Waals surface area (Å²) in [5, 5.41) is 10.1. The normalized spacial score (nSPS) is 16.0. The summed E-state index contributed by atoms with van der Waals surface area (Å²) in [4.78, 5) is 20.0. The summed E-state index contributed by atoms with van der Waals surface area (Å²) in [6.07, 6.45) is 5.41. The minimum absolute atomic E-state index is 0.00483. The van der Waals surface area contributed by atoms with Gasteiger partial charge >= 0.3 is 0 Å². The molecule has 0 unspecified atom stereocenters. The molecule has 0 radical (unpaired) electrons. The van der Waals surface area contributed by atoms with Crippen LogP contribution in [0.15, 0.2) is 52.6 Å². The molecule has 1 fully saturated rings. The van der Waals surface area contributed by atoms with E-state index in [9.17, 15) is 0 Å². The number of hydrogen-bond acceptors (Lipinski definition) is 10. The second kappa shape index (κ2) is 8.07. The van der Waals surface area contributed by atoms with Gasteiger partial charge in [0, 0.05) is 36.5 Å². The molecule has 0 amide bonds. The van der Waals surface area contributed by atoms with Crippen molar-refractivity contribution in [3.8, 4) is 17.3 Å². The molecule has 0 saturated carbocycles. The van der Waals surface area contributed by atoms with Crippen molar-refractivity contribution < 1.29 is 9.26 Å². The van der Waals surface area contributed by atoms with Crippen LogP contribution in [-0.2, 0) is 0 Å². The lowest BCUT2D eigenvalue weighted by Crippen LogP contribution is -2.24. The number of thiazole rings is 1. The predicted octanol–water partition coefficient (Wildman–Crippen LogP) is 4.08. The fourth-order valence-electron chi connectivity index (χ4n) is 3.49. The molecule has 0 bridgehead atoms. The van der Waals surface area contributed by atoms with Gasteiger partial charge in [-0.2, -0.15) is 9.97 Å².